The van der Waals surface area contributed by atoms with Crippen molar-refractivity contribution in [2.75, 3.05) is 19.8 Å². The van der Waals surface area contributed by atoms with Crippen molar-refractivity contribution in [1.29, 1.82) is 0 Å². The van der Waals surface area contributed by atoms with Gasteiger partial charge in [-0.15, -0.1) is 0 Å². The summed E-state index contributed by atoms with van der Waals surface area (Å²) in [6, 6.07) is 16.2. The molecule has 1 atom stereocenters. The van der Waals surface area contributed by atoms with Gasteiger partial charge in [0.2, 0.25) is 0 Å². The minimum absolute atomic E-state index is 0.289. The van der Waals surface area contributed by atoms with Crippen LogP contribution in [0.15, 0.2) is 48.5 Å². The first kappa shape index (κ1) is 28.4. The fourth-order valence-corrected chi connectivity index (χ4v) is 5.45. The number of rotatable bonds is 16. The van der Waals surface area contributed by atoms with Crippen LogP contribution in [0.2, 0.25) is 0 Å². The highest BCUT2D eigenvalue weighted by atomic mass is 31.2. The van der Waals surface area contributed by atoms with E-state index in [1.807, 2.05) is 50.2 Å². The molecule has 5 heteroatoms. The number of benzene rings is 2. The van der Waals surface area contributed by atoms with Crippen LogP contribution >= 0.6 is 7.60 Å². The minimum Gasteiger partial charge on any atom is -0.494 e. The first-order valence-corrected chi connectivity index (χ1v) is 14.4. The molecule has 0 fully saturated rings. The Morgan fingerprint density at radius 2 is 1.35 bits per heavy atom. The predicted octanol–water partition coefficient (Wildman–Crippen LogP) is 8.85. The Bertz CT molecular complexity index is 877. The van der Waals surface area contributed by atoms with E-state index in [2.05, 4.69) is 45.1 Å². The second-order valence-electron chi connectivity index (χ2n) is 9.32. The zero-order chi connectivity index (χ0) is 24.8. The summed E-state index contributed by atoms with van der Waals surface area (Å²) in [4.78, 5) is 0. The molecule has 2 aromatic rings. The van der Waals surface area contributed by atoms with Crippen LogP contribution in [0, 0.1) is 11.8 Å². The molecule has 0 aliphatic rings. The lowest BCUT2D eigenvalue weighted by atomic mass is 9.98. The Hall–Kier alpha value is -1.87. The topological polar surface area (TPSA) is 44.8 Å². The van der Waals surface area contributed by atoms with E-state index in [9.17, 15) is 4.57 Å². The van der Waals surface area contributed by atoms with Crippen molar-refractivity contribution in [2.45, 2.75) is 66.5 Å². The van der Waals surface area contributed by atoms with Crippen LogP contribution in [0.25, 0.3) is 12.2 Å². The standard InChI is InChI=1S/C29H43O4P/c1-6-32-34(30,33-7-2)23-28-15-13-26(14-16-28)11-12-27-17-19-29(20-18-27)31-22-21-25(5)10-8-9-24(3)4/h11-20,24-25H,6-10,21-23H2,1-5H3. The molecule has 0 spiro atoms. The molecule has 0 saturated carbocycles. The zero-order valence-corrected chi connectivity index (χ0v) is 22.6. The largest absolute Gasteiger partial charge is 0.494 e. The van der Waals surface area contributed by atoms with Crippen LogP contribution in [0.3, 0.4) is 0 Å². The second kappa shape index (κ2) is 15.2. The van der Waals surface area contributed by atoms with Crippen molar-refractivity contribution < 1.29 is 18.3 Å². The van der Waals surface area contributed by atoms with Crippen LogP contribution in [0.5, 0.6) is 5.75 Å². The van der Waals surface area contributed by atoms with Crippen LogP contribution in [-0.2, 0) is 19.8 Å². The summed E-state index contributed by atoms with van der Waals surface area (Å²) < 4.78 is 29.4. The molecule has 0 heterocycles. The summed E-state index contributed by atoms with van der Waals surface area (Å²) in [5.41, 5.74) is 3.15. The fourth-order valence-electron chi connectivity index (χ4n) is 3.74. The van der Waals surface area contributed by atoms with E-state index in [0.717, 1.165) is 41.4 Å². The van der Waals surface area contributed by atoms with Crippen LogP contribution in [0.4, 0.5) is 0 Å². The molecule has 2 aromatic carbocycles. The molecular weight excluding hydrogens is 443 g/mol. The van der Waals surface area contributed by atoms with Gasteiger partial charge < -0.3 is 13.8 Å². The Morgan fingerprint density at radius 3 is 1.88 bits per heavy atom. The maximum Gasteiger partial charge on any atom is 0.335 e. The molecule has 0 radical (unpaired) electrons. The van der Waals surface area contributed by atoms with Gasteiger partial charge in [-0.05, 0) is 60.9 Å². The van der Waals surface area contributed by atoms with Gasteiger partial charge in [-0.2, -0.15) is 0 Å². The highest BCUT2D eigenvalue weighted by Crippen LogP contribution is 2.51. The molecule has 4 nitrogen and oxygen atoms in total. The fraction of sp³-hybridized carbons (Fsp3) is 0.517. The van der Waals surface area contributed by atoms with Gasteiger partial charge in [0, 0.05) is 0 Å². The summed E-state index contributed by atoms with van der Waals surface area (Å²) in [7, 11) is -3.08. The Labute approximate surface area is 207 Å². The maximum absolute atomic E-state index is 12.7. The van der Waals surface area contributed by atoms with Gasteiger partial charge in [0.05, 0.1) is 26.0 Å². The predicted molar refractivity (Wildman–Crippen MR) is 144 cm³/mol. The van der Waals surface area contributed by atoms with E-state index < -0.39 is 7.60 Å². The summed E-state index contributed by atoms with van der Waals surface area (Å²) in [6.45, 7) is 12.1. The normalized spacial score (nSPS) is 13.0. The van der Waals surface area contributed by atoms with Crippen LogP contribution < -0.4 is 4.74 Å². The van der Waals surface area contributed by atoms with E-state index in [1.54, 1.807) is 0 Å². The van der Waals surface area contributed by atoms with Gasteiger partial charge in [0.15, 0.2) is 0 Å². The SMILES string of the molecule is CCOP(=O)(Cc1ccc(C=Cc2ccc(OCCC(C)CCCC(C)C)cc2)cc1)OCC. The second-order valence-corrected chi connectivity index (χ2v) is 11.4. The van der Waals surface area contributed by atoms with Gasteiger partial charge in [0.1, 0.15) is 5.75 Å². The lowest BCUT2D eigenvalue weighted by Crippen LogP contribution is -2.04. The van der Waals surface area contributed by atoms with Crippen molar-refractivity contribution in [3.05, 3.63) is 65.2 Å². The van der Waals surface area contributed by atoms with Gasteiger partial charge in [-0.1, -0.05) is 88.6 Å². The van der Waals surface area contributed by atoms with Crippen molar-refractivity contribution in [2.24, 2.45) is 11.8 Å². The summed E-state index contributed by atoms with van der Waals surface area (Å²) in [5, 5.41) is 0. The number of ether oxygens (including phenoxy) is 1. The molecule has 0 aliphatic carbocycles. The molecule has 34 heavy (non-hydrogen) atoms. The highest BCUT2D eigenvalue weighted by Gasteiger charge is 2.23. The molecule has 188 valence electrons. The maximum atomic E-state index is 12.7. The first-order valence-electron chi connectivity index (χ1n) is 12.7. The molecule has 0 aliphatic heterocycles. The van der Waals surface area contributed by atoms with E-state index in [1.165, 1.54) is 19.3 Å². The summed E-state index contributed by atoms with van der Waals surface area (Å²) in [6.07, 6.45) is 9.45. The van der Waals surface area contributed by atoms with Gasteiger partial charge >= 0.3 is 7.60 Å². The molecule has 2 rings (SSSR count). The minimum atomic E-state index is -3.08. The average Bonchev–Trinajstić information content (AvgIpc) is 2.79. The Balaban J connectivity index is 1.81. The van der Waals surface area contributed by atoms with E-state index in [-0.39, 0.29) is 6.16 Å². The molecule has 0 aromatic heterocycles. The summed E-state index contributed by atoms with van der Waals surface area (Å²) in [5.74, 6) is 2.42. The Morgan fingerprint density at radius 1 is 0.794 bits per heavy atom. The number of hydrogen-bond donors (Lipinski definition) is 0. The molecular formula is C29H43O4P. The monoisotopic (exact) mass is 486 g/mol. The Kier molecular flexibility index (Phi) is 12.7. The quantitative estimate of drug-likeness (QED) is 0.176. The van der Waals surface area contributed by atoms with Crippen LogP contribution in [0.1, 0.15) is 77.0 Å². The molecule has 0 amide bonds. The smallest absolute Gasteiger partial charge is 0.335 e. The van der Waals surface area contributed by atoms with Gasteiger partial charge in [0.25, 0.3) is 0 Å². The lowest BCUT2D eigenvalue weighted by molar-refractivity contribution is 0.219. The van der Waals surface area contributed by atoms with Gasteiger partial charge in [-0.3, -0.25) is 4.57 Å². The molecule has 1 unspecified atom stereocenters. The highest BCUT2D eigenvalue weighted by molar-refractivity contribution is 7.53. The number of hydrogen-bond acceptors (Lipinski definition) is 4. The van der Waals surface area contributed by atoms with Gasteiger partial charge in [-0.25, -0.2) is 0 Å². The average molecular weight is 487 g/mol. The first-order chi connectivity index (χ1) is 16.3. The van der Waals surface area contributed by atoms with Crippen molar-refractivity contribution in [3.8, 4) is 5.75 Å². The zero-order valence-electron chi connectivity index (χ0n) is 21.7. The summed E-state index contributed by atoms with van der Waals surface area (Å²) >= 11 is 0. The third-order valence-corrected chi connectivity index (χ3v) is 7.77. The molecule has 0 saturated heterocycles. The van der Waals surface area contributed by atoms with Crippen molar-refractivity contribution in [3.63, 3.8) is 0 Å². The third kappa shape index (κ3) is 11.0. The van der Waals surface area contributed by atoms with E-state index in [0.29, 0.717) is 19.1 Å². The lowest BCUT2D eigenvalue weighted by Gasteiger charge is -2.16. The van der Waals surface area contributed by atoms with E-state index in [4.69, 9.17) is 13.8 Å². The molecule has 0 bridgehead atoms. The van der Waals surface area contributed by atoms with E-state index >= 15 is 0 Å². The van der Waals surface area contributed by atoms with Crippen LogP contribution in [-0.4, -0.2) is 19.8 Å². The molecule has 0 N–H and O–H groups in total. The van der Waals surface area contributed by atoms with Crippen molar-refractivity contribution >= 4 is 19.7 Å². The van der Waals surface area contributed by atoms with Crippen molar-refractivity contribution in [1.82, 2.24) is 0 Å². The third-order valence-electron chi connectivity index (χ3n) is 5.71.